The predicted molar refractivity (Wildman–Crippen MR) is 136 cm³/mol. The summed E-state index contributed by atoms with van der Waals surface area (Å²) >= 11 is 0. The quantitative estimate of drug-likeness (QED) is 0.232. The van der Waals surface area contributed by atoms with Crippen molar-refractivity contribution in [2.45, 2.75) is 73.0 Å². The van der Waals surface area contributed by atoms with Crippen molar-refractivity contribution in [3.05, 3.63) is 65.2 Å². The lowest BCUT2D eigenvalue weighted by molar-refractivity contribution is 0.0769. The summed E-state index contributed by atoms with van der Waals surface area (Å²) in [6.45, 7) is 12.6. The van der Waals surface area contributed by atoms with Crippen LogP contribution in [0.15, 0.2) is 53.7 Å². The first kappa shape index (κ1) is 26.3. The normalized spacial score (nSPS) is 18.0. The highest BCUT2D eigenvalue weighted by molar-refractivity contribution is 5.98. The minimum absolute atomic E-state index is 0.0312. The summed E-state index contributed by atoms with van der Waals surface area (Å²) in [6.07, 6.45) is 7.11. The second-order valence-corrected chi connectivity index (χ2v) is 7.89. The fourth-order valence-electron chi connectivity index (χ4n) is 3.87. The van der Waals surface area contributed by atoms with Gasteiger partial charge in [0.2, 0.25) is 0 Å². The molecule has 2 atom stereocenters. The van der Waals surface area contributed by atoms with Gasteiger partial charge in [0.25, 0.3) is 0 Å². The van der Waals surface area contributed by atoms with Crippen molar-refractivity contribution < 1.29 is 19.0 Å². The van der Waals surface area contributed by atoms with Gasteiger partial charge in [-0.15, -0.1) is 0 Å². The molecule has 2 aromatic rings. The number of nitrogens with zero attached hydrogens (tertiary/aromatic N) is 1. The number of aryl methyl sites for hydroxylation is 2. The highest BCUT2D eigenvalue weighted by Crippen LogP contribution is 2.34. The third kappa shape index (κ3) is 7.55. The number of oxime groups is 1. The maximum absolute atomic E-state index is 6.47. The van der Waals surface area contributed by atoms with Crippen LogP contribution in [-0.4, -0.2) is 31.6 Å². The summed E-state index contributed by atoms with van der Waals surface area (Å²) in [5.74, 6) is 2.64. The number of hydrogen-bond donors (Lipinski definition) is 0. The predicted octanol–water partition coefficient (Wildman–Crippen LogP) is 7.03. The number of rotatable bonds is 9. The lowest BCUT2D eigenvalue weighted by atomic mass is 10.1. The molecule has 0 heterocycles. The number of benzene rings is 2. The Morgan fingerprint density at radius 3 is 2.15 bits per heavy atom. The van der Waals surface area contributed by atoms with Crippen LogP contribution in [0.2, 0.25) is 0 Å². The van der Waals surface area contributed by atoms with Crippen molar-refractivity contribution in [3.8, 4) is 17.2 Å². The minimum atomic E-state index is 0.0312. The highest BCUT2D eigenvalue weighted by Gasteiger charge is 2.31. The molecule has 0 N–H and O–H groups in total. The highest BCUT2D eigenvalue weighted by atomic mass is 16.6. The van der Waals surface area contributed by atoms with Crippen molar-refractivity contribution in [2.24, 2.45) is 5.16 Å². The Labute approximate surface area is 199 Å². The van der Waals surface area contributed by atoms with Gasteiger partial charge in [-0.25, -0.2) is 0 Å². The summed E-state index contributed by atoms with van der Waals surface area (Å²) in [5, 5.41) is 3.97. The molecule has 0 aliphatic heterocycles. The Hall–Kier alpha value is -2.95. The molecule has 0 spiro atoms. The summed E-state index contributed by atoms with van der Waals surface area (Å²) < 4.78 is 18.6. The molecule has 2 aromatic carbocycles. The molecule has 3 rings (SSSR count). The third-order valence-electron chi connectivity index (χ3n) is 5.46. The van der Waals surface area contributed by atoms with Crippen LogP contribution in [0.25, 0.3) is 0 Å². The van der Waals surface area contributed by atoms with Gasteiger partial charge in [-0.1, -0.05) is 31.2 Å². The Morgan fingerprint density at radius 1 is 0.970 bits per heavy atom. The monoisotopic (exact) mass is 453 g/mol. The van der Waals surface area contributed by atoms with E-state index < -0.39 is 0 Å². The Balaban J connectivity index is 0.00000187. The smallest absolute Gasteiger partial charge is 0.135 e. The van der Waals surface area contributed by atoms with E-state index in [0.29, 0.717) is 6.61 Å². The number of allylic oxidation sites excluding steroid dienone is 1. The lowest BCUT2D eigenvalue weighted by Crippen LogP contribution is -2.31. The fourth-order valence-corrected chi connectivity index (χ4v) is 3.87. The third-order valence-corrected chi connectivity index (χ3v) is 5.46. The average molecular weight is 454 g/mol. The second kappa shape index (κ2) is 13.6. The van der Waals surface area contributed by atoms with E-state index in [-0.39, 0.29) is 12.2 Å². The van der Waals surface area contributed by atoms with Gasteiger partial charge in [0.1, 0.15) is 43.2 Å². The van der Waals surface area contributed by atoms with Crippen LogP contribution in [0, 0.1) is 13.8 Å². The molecule has 1 aliphatic rings. The Kier molecular flexibility index (Phi) is 10.8. The molecular weight excluding hydrogens is 414 g/mol. The van der Waals surface area contributed by atoms with Crippen LogP contribution in [0.4, 0.5) is 0 Å². The van der Waals surface area contributed by atoms with Crippen molar-refractivity contribution in [2.75, 3.05) is 13.7 Å². The first-order chi connectivity index (χ1) is 16.0. The molecule has 2 unspecified atom stereocenters. The van der Waals surface area contributed by atoms with E-state index >= 15 is 0 Å². The van der Waals surface area contributed by atoms with Gasteiger partial charge in [-0.05, 0) is 100 Å². The summed E-state index contributed by atoms with van der Waals surface area (Å²) in [6, 6.07) is 12.0. The molecular formula is C28H39NO4. The van der Waals surface area contributed by atoms with Crippen LogP contribution in [-0.2, 0) is 4.84 Å². The van der Waals surface area contributed by atoms with Crippen LogP contribution < -0.4 is 14.2 Å². The first-order valence-corrected chi connectivity index (χ1v) is 11.9. The van der Waals surface area contributed by atoms with E-state index in [4.69, 9.17) is 19.0 Å². The van der Waals surface area contributed by atoms with Gasteiger partial charge < -0.3 is 19.0 Å². The summed E-state index contributed by atoms with van der Waals surface area (Å²) in [5.41, 5.74) is 4.01. The molecule has 1 aliphatic carbocycles. The zero-order valence-corrected chi connectivity index (χ0v) is 21.2. The molecule has 0 bridgehead atoms. The zero-order valence-electron chi connectivity index (χ0n) is 21.2. The number of ether oxygens (including phenoxy) is 3. The minimum Gasteiger partial charge on any atom is -0.490 e. The molecule has 1 fully saturated rings. The zero-order chi connectivity index (χ0) is 24.2. The molecule has 5 heteroatoms. The lowest BCUT2D eigenvalue weighted by Gasteiger charge is -2.24. The van der Waals surface area contributed by atoms with Gasteiger partial charge in [0, 0.05) is 0 Å². The molecule has 0 aromatic heterocycles. The van der Waals surface area contributed by atoms with Crippen molar-refractivity contribution >= 4 is 5.71 Å². The molecule has 5 nitrogen and oxygen atoms in total. The average Bonchev–Trinajstić information content (AvgIpc) is 3.25. The standard InChI is InChI=1S/C26H33NO4.C2H6/c1-6-7-15-29-23-16-18(2)26(19(3)17-23)31-25-10-8-9-24(25)30-22-13-11-21(12-14-22)20(4)27-28-5;1-2/h6-7,11-14,16-17,24-25H,8-10,15H2,1-5H3;1-2H3/b7-6+,27-20-;. The fraction of sp³-hybridized carbons (Fsp3) is 0.464. The molecule has 33 heavy (non-hydrogen) atoms. The van der Waals surface area contributed by atoms with Crippen molar-refractivity contribution in [1.82, 2.24) is 0 Å². The van der Waals surface area contributed by atoms with E-state index in [1.165, 1.54) is 0 Å². The summed E-state index contributed by atoms with van der Waals surface area (Å²) in [4.78, 5) is 4.85. The Bertz CT molecular complexity index is 895. The topological polar surface area (TPSA) is 49.3 Å². The summed E-state index contributed by atoms with van der Waals surface area (Å²) in [7, 11) is 1.55. The van der Waals surface area contributed by atoms with Crippen molar-refractivity contribution in [1.29, 1.82) is 0 Å². The van der Waals surface area contributed by atoms with Gasteiger partial charge >= 0.3 is 0 Å². The van der Waals surface area contributed by atoms with E-state index in [1.54, 1.807) is 7.11 Å². The van der Waals surface area contributed by atoms with Gasteiger partial charge in [-0.3, -0.25) is 0 Å². The van der Waals surface area contributed by atoms with Crippen LogP contribution in [0.3, 0.4) is 0 Å². The largest absolute Gasteiger partial charge is 0.490 e. The number of hydrogen-bond acceptors (Lipinski definition) is 5. The van der Waals surface area contributed by atoms with E-state index in [2.05, 4.69) is 19.0 Å². The molecule has 0 saturated heterocycles. The van der Waals surface area contributed by atoms with Gasteiger partial charge in [0.15, 0.2) is 0 Å². The molecule has 0 amide bonds. The molecule has 0 radical (unpaired) electrons. The van der Waals surface area contributed by atoms with Crippen LogP contribution >= 0.6 is 0 Å². The van der Waals surface area contributed by atoms with Gasteiger partial charge in [-0.2, -0.15) is 0 Å². The van der Waals surface area contributed by atoms with E-state index in [0.717, 1.165) is 58.9 Å². The second-order valence-electron chi connectivity index (χ2n) is 7.89. The van der Waals surface area contributed by atoms with Crippen LogP contribution in [0.1, 0.15) is 63.6 Å². The molecule has 1 saturated carbocycles. The van der Waals surface area contributed by atoms with E-state index in [9.17, 15) is 0 Å². The van der Waals surface area contributed by atoms with E-state index in [1.807, 2.05) is 76.2 Å². The van der Waals surface area contributed by atoms with Crippen LogP contribution in [0.5, 0.6) is 17.2 Å². The SMILES string of the molecule is C/C=C/COc1cc(C)c(OC2CCCC2Oc2ccc(/C(C)=N\OC)cc2)c(C)c1.CC. The maximum atomic E-state index is 6.47. The Morgan fingerprint density at radius 2 is 1.58 bits per heavy atom. The molecule has 180 valence electrons. The maximum Gasteiger partial charge on any atom is 0.135 e. The van der Waals surface area contributed by atoms with Gasteiger partial charge in [0.05, 0.1) is 5.71 Å². The first-order valence-electron chi connectivity index (χ1n) is 11.9. The van der Waals surface area contributed by atoms with Crippen molar-refractivity contribution in [3.63, 3.8) is 0 Å².